The molecule has 4 aromatic rings. The lowest BCUT2D eigenvalue weighted by molar-refractivity contribution is 0.177. The minimum atomic E-state index is -0.0912. The van der Waals surface area contributed by atoms with E-state index in [1.54, 1.807) is 18.2 Å². The summed E-state index contributed by atoms with van der Waals surface area (Å²) in [7, 11) is 0. The summed E-state index contributed by atoms with van der Waals surface area (Å²) < 4.78 is 11.1. The summed E-state index contributed by atoms with van der Waals surface area (Å²) in [5.74, 6) is 1.46. The Morgan fingerprint density at radius 3 is 2.02 bits per heavy atom. The van der Waals surface area contributed by atoms with Crippen LogP contribution in [-0.4, -0.2) is 63.1 Å². The van der Waals surface area contributed by atoms with Crippen LogP contribution in [0.1, 0.15) is 36.0 Å². The van der Waals surface area contributed by atoms with Crippen LogP contribution in [0.25, 0.3) is 0 Å². The number of hydrogen-bond donors (Lipinski definition) is 4. The van der Waals surface area contributed by atoms with E-state index in [0.29, 0.717) is 34.8 Å². The van der Waals surface area contributed by atoms with Crippen LogP contribution in [0, 0.1) is 0 Å². The van der Waals surface area contributed by atoms with Gasteiger partial charge < -0.3 is 36.1 Å². The molecule has 8 rings (SSSR count). The summed E-state index contributed by atoms with van der Waals surface area (Å²) in [6, 6.07) is 11.2. The average Bonchev–Trinajstić information content (AvgIpc) is 3.82. The van der Waals surface area contributed by atoms with Crippen LogP contribution in [0.3, 0.4) is 0 Å². The van der Waals surface area contributed by atoms with Crippen molar-refractivity contribution in [3.05, 3.63) is 80.7 Å². The second kappa shape index (κ2) is 12.6. The van der Waals surface area contributed by atoms with Crippen molar-refractivity contribution in [3.8, 4) is 11.5 Å². The third-order valence-electron chi connectivity index (χ3n) is 8.76. The molecule has 2 atom stereocenters. The van der Waals surface area contributed by atoms with Gasteiger partial charge in [0.05, 0.1) is 36.3 Å². The number of nitrogens with two attached hydrogens (primary N) is 2. The molecule has 2 aromatic carbocycles. The molecule has 3 aliphatic heterocycles. The van der Waals surface area contributed by atoms with Crippen LogP contribution in [-0.2, 0) is 26.7 Å². The van der Waals surface area contributed by atoms with Crippen molar-refractivity contribution < 1.29 is 19.7 Å². The molecule has 2 aromatic heterocycles. The van der Waals surface area contributed by atoms with Gasteiger partial charge in [0, 0.05) is 36.7 Å². The molecule has 0 amide bonds. The molecule has 6 N–H and O–H groups in total. The van der Waals surface area contributed by atoms with Gasteiger partial charge in [0.15, 0.2) is 11.0 Å². The molecule has 236 valence electrons. The van der Waals surface area contributed by atoms with Crippen molar-refractivity contribution in [1.29, 1.82) is 0 Å². The smallest absolute Gasteiger partial charge is 0.222 e. The van der Waals surface area contributed by atoms with Gasteiger partial charge in [-0.15, -0.1) is 0 Å². The highest BCUT2D eigenvalue weighted by molar-refractivity contribution is 6.41. The number of rotatable bonds is 1. The molecule has 0 saturated carbocycles. The predicted molar refractivity (Wildman–Crippen MR) is 174 cm³/mol. The Morgan fingerprint density at radius 1 is 0.756 bits per heavy atom. The Morgan fingerprint density at radius 2 is 1.38 bits per heavy atom. The number of halogens is 3. The SMILES string of the molecule is Nc1ncc(Cl)c(Cl)n1.Nc1ncc(Cl)c(N2CC3(CCOC3)c3ccc(O)cc32)n1.Oc1ccc2c(c1)CCC21CCOC1. The summed E-state index contributed by atoms with van der Waals surface area (Å²) in [6.07, 6.45) is 7.20. The normalized spacial score (nSPS) is 22.5. The standard InChI is InChI=1S/C15H15ClN4O2.C12H14O2.C4H3Cl2N3/c16-11-6-18-14(17)19-13(11)20-7-15(3-4-22-8-15)10-2-1-9(21)5-12(10)20;13-10-1-2-11-9(7-10)3-4-12(11)5-6-14-8-12;5-2-1-8-4(7)9-3(2)6/h1-2,5-6,21H,3-4,7-8H2,(H2,17,18,19);1-2,7,13H,3-6,8H2;1H,(H2,7,8,9). The molecule has 4 aliphatic rings. The molecular weight excluding hydrogens is 641 g/mol. The maximum Gasteiger partial charge on any atom is 0.222 e. The number of anilines is 4. The number of hydrogen-bond acceptors (Lipinski definition) is 11. The third-order valence-corrected chi connectivity index (χ3v) is 9.69. The maximum absolute atomic E-state index is 9.87. The van der Waals surface area contributed by atoms with Crippen molar-refractivity contribution in [2.75, 3.05) is 49.3 Å². The Kier molecular flexibility index (Phi) is 8.82. The minimum absolute atomic E-state index is 0.0912. The molecule has 2 unspecified atom stereocenters. The molecule has 45 heavy (non-hydrogen) atoms. The van der Waals surface area contributed by atoms with Gasteiger partial charge in [-0.25, -0.2) is 9.97 Å². The van der Waals surface area contributed by atoms with Gasteiger partial charge in [0.25, 0.3) is 0 Å². The zero-order valence-corrected chi connectivity index (χ0v) is 26.5. The van der Waals surface area contributed by atoms with E-state index in [4.69, 9.17) is 55.7 Å². The zero-order chi connectivity index (χ0) is 31.8. The first kappa shape index (κ1) is 31.4. The molecule has 5 heterocycles. The first-order chi connectivity index (χ1) is 21.6. The van der Waals surface area contributed by atoms with Crippen LogP contribution in [0.15, 0.2) is 48.8 Å². The highest BCUT2D eigenvalue weighted by Gasteiger charge is 2.47. The lowest BCUT2D eigenvalue weighted by Gasteiger charge is -2.24. The number of aryl methyl sites for hydroxylation is 1. The van der Waals surface area contributed by atoms with Gasteiger partial charge in [-0.2, -0.15) is 9.97 Å². The Bertz CT molecular complexity index is 1720. The monoisotopic (exact) mass is 671 g/mol. The van der Waals surface area contributed by atoms with E-state index in [1.807, 2.05) is 17.0 Å². The lowest BCUT2D eigenvalue weighted by Crippen LogP contribution is -2.32. The van der Waals surface area contributed by atoms with Crippen LogP contribution in [0.4, 0.5) is 23.4 Å². The molecular formula is C31H32Cl3N7O4. The van der Waals surface area contributed by atoms with E-state index in [1.165, 1.54) is 29.9 Å². The number of nitrogen functional groups attached to an aromatic ring is 2. The van der Waals surface area contributed by atoms with Crippen LogP contribution >= 0.6 is 34.8 Å². The summed E-state index contributed by atoms with van der Waals surface area (Å²) in [6.45, 7) is 3.83. The highest BCUT2D eigenvalue weighted by Crippen LogP contribution is 2.50. The number of phenols is 2. The van der Waals surface area contributed by atoms with Gasteiger partial charge in [0.2, 0.25) is 11.9 Å². The Hall–Kier alpha value is -3.61. The minimum Gasteiger partial charge on any atom is -0.508 e. The van der Waals surface area contributed by atoms with E-state index < -0.39 is 0 Å². The number of phenolic OH excluding ortho intramolecular Hbond substituents is 2. The summed E-state index contributed by atoms with van der Waals surface area (Å²) in [4.78, 5) is 17.3. The fourth-order valence-corrected chi connectivity index (χ4v) is 6.97. The number of aromatic nitrogens is 4. The van der Waals surface area contributed by atoms with Crippen molar-refractivity contribution >= 4 is 58.2 Å². The Labute approximate surface area is 275 Å². The predicted octanol–water partition coefficient (Wildman–Crippen LogP) is 5.59. The molecule has 1 aliphatic carbocycles. The van der Waals surface area contributed by atoms with Crippen LogP contribution < -0.4 is 16.4 Å². The van der Waals surface area contributed by atoms with Gasteiger partial charge in [0.1, 0.15) is 16.5 Å². The van der Waals surface area contributed by atoms with E-state index in [9.17, 15) is 10.2 Å². The molecule has 2 spiro atoms. The van der Waals surface area contributed by atoms with Crippen molar-refractivity contribution in [2.45, 2.75) is 36.5 Å². The van der Waals surface area contributed by atoms with Gasteiger partial charge in [-0.1, -0.05) is 46.9 Å². The van der Waals surface area contributed by atoms with Crippen molar-refractivity contribution in [3.63, 3.8) is 0 Å². The number of nitrogens with zero attached hydrogens (tertiary/aromatic N) is 5. The summed E-state index contributed by atoms with van der Waals surface area (Å²) >= 11 is 17.2. The van der Waals surface area contributed by atoms with E-state index >= 15 is 0 Å². The van der Waals surface area contributed by atoms with E-state index in [2.05, 4.69) is 26.0 Å². The number of fused-ring (bicyclic) bond motifs is 4. The van der Waals surface area contributed by atoms with Gasteiger partial charge in [-0.3, -0.25) is 0 Å². The van der Waals surface area contributed by atoms with Crippen LogP contribution in [0.5, 0.6) is 11.5 Å². The van der Waals surface area contributed by atoms with E-state index in [-0.39, 0.29) is 33.6 Å². The topological polar surface area (TPSA) is 166 Å². The number of ether oxygens (including phenoxy) is 2. The fraction of sp³-hybridized carbons (Fsp3) is 0.355. The summed E-state index contributed by atoms with van der Waals surface area (Å²) in [5.41, 5.74) is 15.8. The average molecular weight is 673 g/mol. The maximum atomic E-state index is 9.87. The fourth-order valence-electron chi connectivity index (χ4n) is 6.55. The van der Waals surface area contributed by atoms with Crippen molar-refractivity contribution in [2.24, 2.45) is 0 Å². The number of aromatic hydroxyl groups is 2. The number of benzene rings is 2. The van der Waals surface area contributed by atoms with Crippen molar-refractivity contribution in [1.82, 2.24) is 19.9 Å². The Balaban J connectivity index is 0.000000132. The second-order valence-corrected chi connectivity index (χ2v) is 12.7. The molecule has 0 radical (unpaired) electrons. The lowest BCUT2D eigenvalue weighted by atomic mass is 9.81. The molecule has 2 saturated heterocycles. The van der Waals surface area contributed by atoms with Gasteiger partial charge >= 0.3 is 0 Å². The summed E-state index contributed by atoms with van der Waals surface area (Å²) in [5, 5.41) is 20.2. The van der Waals surface area contributed by atoms with E-state index in [0.717, 1.165) is 50.3 Å². The van der Waals surface area contributed by atoms with Crippen LogP contribution in [0.2, 0.25) is 15.2 Å². The molecule has 0 bridgehead atoms. The largest absolute Gasteiger partial charge is 0.508 e. The third kappa shape index (κ3) is 6.28. The quantitative estimate of drug-likeness (QED) is 0.186. The highest BCUT2D eigenvalue weighted by atomic mass is 35.5. The molecule has 14 heteroatoms. The molecule has 11 nitrogen and oxygen atoms in total. The second-order valence-electron chi connectivity index (χ2n) is 11.6. The van der Waals surface area contributed by atoms with Gasteiger partial charge in [-0.05, 0) is 60.6 Å². The zero-order valence-electron chi connectivity index (χ0n) is 24.2. The first-order valence-electron chi connectivity index (χ1n) is 14.4. The first-order valence-corrected chi connectivity index (χ1v) is 15.5. The molecule has 2 fully saturated rings.